The first kappa shape index (κ1) is 14.9. The van der Waals surface area contributed by atoms with Crippen molar-refractivity contribution in [1.82, 2.24) is 0 Å². The van der Waals surface area contributed by atoms with E-state index in [9.17, 15) is 18.9 Å². The minimum Gasteiger partial charge on any atom is -0.392 e. The molecule has 0 aliphatic heterocycles. The first-order valence-corrected chi connectivity index (χ1v) is 6.07. The molecular weight excluding hydrogens is 282 g/mol. The fourth-order valence-corrected chi connectivity index (χ4v) is 1.78. The number of hydrogen-bond acceptors (Lipinski definition) is 4. The van der Waals surface area contributed by atoms with E-state index in [2.05, 4.69) is 5.32 Å². The lowest BCUT2D eigenvalue weighted by Gasteiger charge is -2.08. The van der Waals surface area contributed by atoms with Crippen molar-refractivity contribution < 1.29 is 18.8 Å². The number of benzene rings is 2. The molecule has 21 heavy (non-hydrogen) atoms. The molecule has 0 aromatic heterocycles. The molecule has 2 rings (SSSR count). The Bertz CT molecular complexity index is 660. The van der Waals surface area contributed by atoms with Gasteiger partial charge in [-0.3, -0.25) is 10.1 Å². The molecule has 0 aliphatic rings. The predicted octanol–water partition coefficient (Wildman–Crippen LogP) is 2.98. The van der Waals surface area contributed by atoms with Gasteiger partial charge < -0.3 is 10.4 Å². The van der Waals surface area contributed by atoms with E-state index in [1.54, 1.807) is 24.3 Å². The average Bonchev–Trinajstić information content (AvgIpc) is 2.46. The Morgan fingerprint density at radius 1 is 1.14 bits per heavy atom. The lowest BCUT2D eigenvalue weighted by atomic mass is 10.1. The molecule has 0 radical (unpaired) electrons. The van der Waals surface area contributed by atoms with Gasteiger partial charge in [0.2, 0.25) is 5.82 Å². The molecule has 0 fully saturated rings. The summed E-state index contributed by atoms with van der Waals surface area (Å²) < 4.78 is 26.8. The zero-order valence-corrected chi connectivity index (χ0v) is 10.8. The van der Waals surface area contributed by atoms with Gasteiger partial charge in [0.25, 0.3) is 0 Å². The van der Waals surface area contributed by atoms with Gasteiger partial charge in [0.05, 0.1) is 11.5 Å². The number of nitrogens with one attached hydrogen (secondary N) is 1. The molecule has 0 spiro atoms. The van der Waals surface area contributed by atoms with Crippen molar-refractivity contribution in [1.29, 1.82) is 0 Å². The van der Waals surface area contributed by atoms with Crippen molar-refractivity contribution in [2.45, 2.75) is 13.2 Å². The van der Waals surface area contributed by atoms with Crippen LogP contribution in [-0.2, 0) is 13.2 Å². The van der Waals surface area contributed by atoms with Crippen LogP contribution in [0.1, 0.15) is 11.1 Å². The van der Waals surface area contributed by atoms with Gasteiger partial charge in [-0.2, -0.15) is 4.39 Å². The summed E-state index contributed by atoms with van der Waals surface area (Å²) in [7, 11) is 0. The summed E-state index contributed by atoms with van der Waals surface area (Å²) in [4.78, 5) is 9.73. The number of hydrogen-bond donors (Lipinski definition) is 2. The monoisotopic (exact) mass is 294 g/mol. The Kier molecular flexibility index (Phi) is 4.44. The first-order valence-electron chi connectivity index (χ1n) is 6.07. The summed E-state index contributed by atoms with van der Waals surface area (Å²) in [6.45, 7) is -0.107. The highest BCUT2D eigenvalue weighted by Crippen LogP contribution is 2.22. The van der Waals surface area contributed by atoms with E-state index >= 15 is 0 Å². The van der Waals surface area contributed by atoms with Crippen LogP contribution in [0.15, 0.2) is 36.4 Å². The van der Waals surface area contributed by atoms with Gasteiger partial charge in [-0.25, -0.2) is 4.39 Å². The van der Waals surface area contributed by atoms with Gasteiger partial charge in [-0.15, -0.1) is 0 Å². The zero-order valence-electron chi connectivity index (χ0n) is 10.8. The Hall–Kier alpha value is -2.54. The van der Waals surface area contributed by atoms with E-state index in [1.165, 1.54) is 0 Å². The quantitative estimate of drug-likeness (QED) is 0.656. The third kappa shape index (κ3) is 3.51. The molecule has 2 aromatic carbocycles. The molecule has 0 amide bonds. The van der Waals surface area contributed by atoms with Gasteiger partial charge in [0, 0.05) is 29.9 Å². The molecule has 2 aromatic rings. The van der Waals surface area contributed by atoms with Crippen LogP contribution in [0, 0.1) is 21.7 Å². The van der Waals surface area contributed by atoms with Crippen molar-refractivity contribution in [3.8, 4) is 0 Å². The topological polar surface area (TPSA) is 75.4 Å². The summed E-state index contributed by atoms with van der Waals surface area (Å²) in [5.74, 6) is -2.05. The lowest BCUT2D eigenvalue weighted by Crippen LogP contribution is -2.04. The molecule has 0 unspecified atom stereocenters. The Balaban J connectivity index is 2.15. The number of nitro benzene ring substituents is 1. The molecular formula is C14H12F2N2O3. The van der Waals surface area contributed by atoms with E-state index in [-0.39, 0.29) is 18.7 Å². The second-order valence-electron chi connectivity index (χ2n) is 4.36. The number of aliphatic hydroxyl groups is 1. The van der Waals surface area contributed by atoms with Crippen LogP contribution in [-0.4, -0.2) is 10.0 Å². The van der Waals surface area contributed by atoms with Gasteiger partial charge in [0.1, 0.15) is 5.82 Å². The Morgan fingerprint density at radius 3 is 2.38 bits per heavy atom. The third-order valence-corrected chi connectivity index (χ3v) is 2.93. The van der Waals surface area contributed by atoms with E-state index in [0.29, 0.717) is 11.8 Å². The fraction of sp³-hybridized carbons (Fsp3) is 0.143. The van der Waals surface area contributed by atoms with Crippen LogP contribution in [0.25, 0.3) is 0 Å². The fourth-order valence-electron chi connectivity index (χ4n) is 1.78. The minimum atomic E-state index is -1.20. The number of halogens is 2. The normalized spacial score (nSPS) is 10.4. The maximum atomic E-state index is 13.6. The largest absolute Gasteiger partial charge is 0.392 e. The smallest absolute Gasteiger partial charge is 0.305 e. The summed E-state index contributed by atoms with van der Waals surface area (Å²) in [6, 6.07) is 8.12. The molecule has 5 nitrogen and oxygen atoms in total. The highest BCUT2D eigenvalue weighted by atomic mass is 19.1. The molecule has 0 saturated heterocycles. The molecule has 0 heterocycles. The van der Waals surface area contributed by atoms with Gasteiger partial charge in [-0.1, -0.05) is 12.1 Å². The van der Waals surface area contributed by atoms with Crippen molar-refractivity contribution in [3.63, 3.8) is 0 Å². The average molecular weight is 294 g/mol. The lowest BCUT2D eigenvalue weighted by molar-refractivity contribution is -0.387. The van der Waals surface area contributed by atoms with E-state index in [0.717, 1.165) is 11.6 Å². The standard InChI is InChI=1S/C14H12F2N2O3/c15-12-6-13(16)14(18(20)21)5-10(12)7-17-11-3-1-9(8-19)2-4-11/h1-6,17,19H,7-8H2. The molecule has 0 saturated carbocycles. The Labute approximate surface area is 119 Å². The maximum Gasteiger partial charge on any atom is 0.305 e. The number of nitro groups is 1. The maximum absolute atomic E-state index is 13.6. The second-order valence-corrected chi connectivity index (χ2v) is 4.36. The highest BCUT2D eigenvalue weighted by Gasteiger charge is 2.18. The van der Waals surface area contributed by atoms with E-state index in [1.807, 2.05) is 0 Å². The third-order valence-electron chi connectivity index (χ3n) is 2.93. The molecule has 0 atom stereocenters. The van der Waals surface area contributed by atoms with E-state index < -0.39 is 22.2 Å². The number of rotatable bonds is 5. The van der Waals surface area contributed by atoms with Crippen molar-refractivity contribution in [2.24, 2.45) is 0 Å². The van der Waals surface area contributed by atoms with Crippen LogP contribution in [0.2, 0.25) is 0 Å². The molecule has 7 heteroatoms. The van der Waals surface area contributed by atoms with Crippen LogP contribution < -0.4 is 5.32 Å². The summed E-state index contributed by atoms with van der Waals surface area (Å²) in [5, 5.41) is 22.4. The number of anilines is 1. The summed E-state index contributed by atoms with van der Waals surface area (Å²) in [6.07, 6.45) is 0. The molecule has 2 N–H and O–H groups in total. The Morgan fingerprint density at radius 2 is 1.81 bits per heavy atom. The van der Waals surface area contributed by atoms with Crippen LogP contribution in [0.4, 0.5) is 20.2 Å². The van der Waals surface area contributed by atoms with Crippen LogP contribution in [0.5, 0.6) is 0 Å². The van der Waals surface area contributed by atoms with Crippen LogP contribution >= 0.6 is 0 Å². The van der Waals surface area contributed by atoms with Gasteiger partial charge in [0.15, 0.2) is 0 Å². The first-order chi connectivity index (χ1) is 10.0. The van der Waals surface area contributed by atoms with Gasteiger partial charge in [-0.05, 0) is 17.7 Å². The zero-order chi connectivity index (χ0) is 15.4. The summed E-state index contributed by atoms with van der Waals surface area (Å²) >= 11 is 0. The molecule has 110 valence electrons. The van der Waals surface area contributed by atoms with Crippen molar-refractivity contribution in [3.05, 3.63) is 69.3 Å². The molecule has 0 aliphatic carbocycles. The summed E-state index contributed by atoms with van der Waals surface area (Å²) in [5.41, 5.74) is 0.612. The number of nitrogens with zero attached hydrogens (tertiary/aromatic N) is 1. The number of aliphatic hydroxyl groups excluding tert-OH is 1. The van der Waals surface area contributed by atoms with Crippen LogP contribution in [0.3, 0.4) is 0 Å². The molecule has 0 bridgehead atoms. The van der Waals surface area contributed by atoms with Crippen molar-refractivity contribution in [2.75, 3.05) is 5.32 Å². The highest BCUT2D eigenvalue weighted by molar-refractivity contribution is 5.46. The van der Waals surface area contributed by atoms with Gasteiger partial charge >= 0.3 is 5.69 Å². The predicted molar refractivity (Wildman–Crippen MR) is 72.7 cm³/mol. The minimum absolute atomic E-state index is 0.00525. The SMILES string of the molecule is O=[N+]([O-])c1cc(CNc2ccc(CO)cc2)c(F)cc1F. The van der Waals surface area contributed by atoms with Crippen molar-refractivity contribution >= 4 is 11.4 Å². The second kappa shape index (κ2) is 6.27. The van der Waals surface area contributed by atoms with E-state index in [4.69, 9.17) is 5.11 Å².